The first-order valence-electron chi connectivity index (χ1n) is 5.52. The summed E-state index contributed by atoms with van der Waals surface area (Å²) in [6.45, 7) is 0. The molecule has 0 atom stereocenters. The molecule has 7 heteroatoms. The van der Waals surface area contributed by atoms with Gasteiger partial charge in [-0.3, -0.25) is 9.78 Å². The maximum Gasteiger partial charge on any atom is 0.337 e. The second-order valence-electron chi connectivity index (χ2n) is 3.96. The average Bonchev–Trinajstić information content (AvgIpc) is 2.40. The van der Waals surface area contributed by atoms with Gasteiger partial charge in [0.25, 0.3) is 5.91 Å². The van der Waals surface area contributed by atoms with Gasteiger partial charge in [-0.25, -0.2) is 9.18 Å². The Labute approximate surface area is 113 Å². The van der Waals surface area contributed by atoms with Crippen LogP contribution in [0.15, 0.2) is 36.7 Å². The number of nitrogen functional groups attached to an aromatic ring is 1. The number of hydrogen-bond acceptors (Lipinski definition) is 4. The van der Waals surface area contributed by atoms with E-state index in [1.165, 1.54) is 24.4 Å². The highest BCUT2D eigenvalue weighted by atomic mass is 19.1. The Morgan fingerprint density at radius 1 is 1.25 bits per heavy atom. The molecule has 6 nitrogen and oxygen atoms in total. The Hall–Kier alpha value is -2.96. The molecule has 4 N–H and O–H groups in total. The number of nitrogens with two attached hydrogens (primary N) is 1. The number of benzene rings is 1. The summed E-state index contributed by atoms with van der Waals surface area (Å²) in [6, 6.07) is 5.04. The van der Waals surface area contributed by atoms with Crippen LogP contribution in [-0.2, 0) is 0 Å². The summed E-state index contributed by atoms with van der Waals surface area (Å²) in [7, 11) is 0. The summed E-state index contributed by atoms with van der Waals surface area (Å²) < 4.78 is 13.0. The topological polar surface area (TPSA) is 105 Å². The normalized spacial score (nSPS) is 10.1. The van der Waals surface area contributed by atoms with Crippen molar-refractivity contribution in [1.82, 2.24) is 4.98 Å². The molecule has 0 aliphatic heterocycles. The first kappa shape index (κ1) is 13.5. The molecular formula is C13H10FN3O3. The third-order valence-electron chi connectivity index (χ3n) is 2.49. The van der Waals surface area contributed by atoms with Gasteiger partial charge in [-0.2, -0.15) is 0 Å². The van der Waals surface area contributed by atoms with Crippen LogP contribution in [0.4, 0.5) is 15.8 Å². The molecule has 1 aromatic carbocycles. The number of amides is 1. The summed E-state index contributed by atoms with van der Waals surface area (Å²) in [5.74, 6) is -2.55. The van der Waals surface area contributed by atoms with Crippen molar-refractivity contribution in [3.8, 4) is 0 Å². The lowest BCUT2D eigenvalue weighted by molar-refractivity contribution is 0.0698. The minimum atomic E-state index is -1.23. The smallest absolute Gasteiger partial charge is 0.337 e. The number of rotatable bonds is 3. The second kappa shape index (κ2) is 5.35. The van der Waals surface area contributed by atoms with Crippen LogP contribution in [0.1, 0.15) is 20.7 Å². The lowest BCUT2D eigenvalue weighted by Gasteiger charge is -2.09. The number of anilines is 2. The van der Waals surface area contributed by atoms with Gasteiger partial charge in [0.15, 0.2) is 0 Å². The van der Waals surface area contributed by atoms with Crippen molar-refractivity contribution in [3.63, 3.8) is 0 Å². The molecule has 1 amide bonds. The van der Waals surface area contributed by atoms with E-state index in [1.807, 2.05) is 0 Å². The third-order valence-corrected chi connectivity index (χ3v) is 2.49. The number of carboxylic acids is 1. The number of hydrogen-bond donors (Lipinski definition) is 3. The first-order valence-corrected chi connectivity index (χ1v) is 5.52. The minimum absolute atomic E-state index is 0.0156. The molecular weight excluding hydrogens is 265 g/mol. The summed E-state index contributed by atoms with van der Waals surface area (Å²) in [4.78, 5) is 26.5. The lowest BCUT2D eigenvalue weighted by atomic mass is 10.1. The van der Waals surface area contributed by atoms with Crippen LogP contribution < -0.4 is 11.1 Å². The minimum Gasteiger partial charge on any atom is -0.478 e. The van der Waals surface area contributed by atoms with E-state index in [9.17, 15) is 14.0 Å². The van der Waals surface area contributed by atoms with Crippen LogP contribution in [0.25, 0.3) is 0 Å². The van der Waals surface area contributed by atoms with Crippen molar-refractivity contribution >= 4 is 23.3 Å². The summed E-state index contributed by atoms with van der Waals surface area (Å²) in [6.07, 6.45) is 2.14. The van der Waals surface area contributed by atoms with E-state index in [1.54, 1.807) is 0 Å². The quantitative estimate of drug-likeness (QED) is 0.740. The van der Waals surface area contributed by atoms with E-state index >= 15 is 0 Å². The predicted octanol–water partition coefficient (Wildman–Crippen LogP) is 1.75. The zero-order chi connectivity index (χ0) is 14.7. The Balaban J connectivity index is 2.30. The predicted molar refractivity (Wildman–Crippen MR) is 70.0 cm³/mol. The summed E-state index contributed by atoms with van der Waals surface area (Å²) in [5.41, 5.74) is 5.65. The largest absolute Gasteiger partial charge is 0.478 e. The second-order valence-corrected chi connectivity index (χ2v) is 3.96. The van der Waals surface area contributed by atoms with Gasteiger partial charge >= 0.3 is 5.97 Å². The standard InChI is InChI=1S/C13H10FN3O3/c14-8-3-7(5-16-6-8)12(18)17-11-2-1-9(15)4-10(11)13(19)20/h1-6H,15H2,(H,17,18)(H,19,20). The molecule has 0 aliphatic rings. The highest BCUT2D eigenvalue weighted by Gasteiger charge is 2.14. The SMILES string of the molecule is Nc1ccc(NC(=O)c2cncc(F)c2)c(C(=O)O)c1. The monoisotopic (exact) mass is 275 g/mol. The molecule has 0 spiro atoms. The van der Waals surface area contributed by atoms with Gasteiger partial charge in [-0.1, -0.05) is 0 Å². The molecule has 0 fully saturated rings. The Morgan fingerprint density at radius 2 is 2.00 bits per heavy atom. The molecule has 0 unspecified atom stereocenters. The van der Waals surface area contributed by atoms with Gasteiger partial charge in [0.2, 0.25) is 0 Å². The number of carbonyl (C=O) groups excluding carboxylic acids is 1. The molecule has 2 aromatic rings. The van der Waals surface area contributed by atoms with Crippen molar-refractivity contribution < 1.29 is 19.1 Å². The molecule has 0 saturated heterocycles. The van der Waals surface area contributed by atoms with Gasteiger partial charge in [0.1, 0.15) is 5.82 Å². The lowest BCUT2D eigenvalue weighted by Crippen LogP contribution is -2.15. The van der Waals surface area contributed by atoms with Crippen LogP contribution in [-0.4, -0.2) is 22.0 Å². The van der Waals surface area contributed by atoms with E-state index < -0.39 is 17.7 Å². The van der Waals surface area contributed by atoms with Gasteiger partial charge < -0.3 is 16.2 Å². The number of carbonyl (C=O) groups is 2. The fourth-order valence-corrected chi connectivity index (χ4v) is 1.58. The molecule has 0 aliphatic carbocycles. The molecule has 0 radical (unpaired) electrons. The third kappa shape index (κ3) is 2.89. The number of nitrogens with zero attached hydrogens (tertiary/aromatic N) is 1. The Kier molecular flexibility index (Phi) is 3.60. The van der Waals surface area contributed by atoms with Crippen molar-refractivity contribution in [1.29, 1.82) is 0 Å². The number of carboxylic acid groups (broad SMARTS) is 1. The number of nitrogens with one attached hydrogen (secondary N) is 1. The first-order chi connectivity index (χ1) is 9.47. The summed E-state index contributed by atoms with van der Waals surface area (Å²) in [5, 5.41) is 11.4. The van der Waals surface area contributed by atoms with Crippen LogP contribution in [0.2, 0.25) is 0 Å². The van der Waals surface area contributed by atoms with Gasteiger partial charge in [-0.05, 0) is 24.3 Å². The van der Waals surface area contributed by atoms with E-state index in [0.29, 0.717) is 0 Å². The number of halogens is 1. The van der Waals surface area contributed by atoms with E-state index in [0.717, 1.165) is 12.3 Å². The van der Waals surface area contributed by atoms with Gasteiger partial charge in [0, 0.05) is 11.9 Å². The van der Waals surface area contributed by atoms with Crippen LogP contribution >= 0.6 is 0 Å². The van der Waals surface area contributed by atoms with Crippen molar-refractivity contribution in [2.24, 2.45) is 0 Å². The van der Waals surface area contributed by atoms with E-state index in [2.05, 4.69) is 10.3 Å². The van der Waals surface area contributed by atoms with Crippen LogP contribution in [0.5, 0.6) is 0 Å². The highest BCUT2D eigenvalue weighted by Crippen LogP contribution is 2.19. The molecule has 0 saturated carbocycles. The number of aromatic carboxylic acids is 1. The van der Waals surface area contributed by atoms with Crippen molar-refractivity contribution in [2.75, 3.05) is 11.1 Å². The zero-order valence-electron chi connectivity index (χ0n) is 10.1. The molecule has 20 heavy (non-hydrogen) atoms. The maximum atomic E-state index is 13.0. The van der Waals surface area contributed by atoms with Crippen molar-refractivity contribution in [2.45, 2.75) is 0 Å². The fourth-order valence-electron chi connectivity index (χ4n) is 1.58. The summed E-state index contributed by atoms with van der Waals surface area (Å²) >= 11 is 0. The molecule has 1 heterocycles. The molecule has 1 aromatic heterocycles. The molecule has 0 bridgehead atoms. The van der Waals surface area contributed by atoms with Crippen molar-refractivity contribution in [3.05, 3.63) is 53.6 Å². The van der Waals surface area contributed by atoms with Crippen LogP contribution in [0, 0.1) is 5.82 Å². The Morgan fingerprint density at radius 3 is 2.65 bits per heavy atom. The van der Waals surface area contributed by atoms with Gasteiger partial charge in [-0.15, -0.1) is 0 Å². The molecule has 102 valence electrons. The number of pyridine rings is 1. The highest BCUT2D eigenvalue weighted by molar-refractivity contribution is 6.07. The van der Waals surface area contributed by atoms with E-state index in [-0.39, 0.29) is 22.5 Å². The Bertz CT molecular complexity index is 688. The van der Waals surface area contributed by atoms with Crippen LogP contribution in [0.3, 0.4) is 0 Å². The van der Waals surface area contributed by atoms with Gasteiger partial charge in [0.05, 0.1) is 23.0 Å². The molecule has 2 rings (SSSR count). The maximum absolute atomic E-state index is 13.0. The fraction of sp³-hybridized carbons (Fsp3) is 0. The average molecular weight is 275 g/mol. The number of aromatic nitrogens is 1. The van der Waals surface area contributed by atoms with E-state index in [4.69, 9.17) is 10.8 Å². The zero-order valence-corrected chi connectivity index (χ0v) is 10.1.